The van der Waals surface area contributed by atoms with Gasteiger partial charge in [-0.15, -0.1) is 0 Å². The topological polar surface area (TPSA) is 100 Å². The predicted molar refractivity (Wildman–Crippen MR) is 96.5 cm³/mol. The number of benzene rings is 1. The number of rotatable bonds is 3. The van der Waals surface area contributed by atoms with Crippen molar-refractivity contribution in [2.75, 3.05) is 18.9 Å². The first kappa shape index (κ1) is 16.2. The van der Waals surface area contributed by atoms with Crippen LogP contribution in [0.3, 0.4) is 0 Å². The molecule has 5 rings (SSSR count). The van der Waals surface area contributed by atoms with Gasteiger partial charge >= 0.3 is 0 Å². The summed E-state index contributed by atoms with van der Waals surface area (Å²) in [6.45, 7) is 2.34. The van der Waals surface area contributed by atoms with E-state index in [-0.39, 0.29) is 17.9 Å². The van der Waals surface area contributed by atoms with Crippen LogP contribution in [-0.4, -0.2) is 57.2 Å². The molecule has 1 aromatic heterocycles. The fourth-order valence-electron chi connectivity index (χ4n) is 4.39. The quantitative estimate of drug-likeness (QED) is 0.795. The summed E-state index contributed by atoms with van der Waals surface area (Å²) in [5, 5.41) is 9.86. The fraction of sp³-hybridized carbons (Fsp3) is 0.368. The molecule has 0 aliphatic carbocycles. The molecule has 0 saturated carbocycles. The van der Waals surface area contributed by atoms with Gasteiger partial charge in [0.2, 0.25) is 11.8 Å². The van der Waals surface area contributed by atoms with Crippen LogP contribution in [0.4, 0.5) is 5.69 Å². The molecule has 3 aliphatic rings. The van der Waals surface area contributed by atoms with E-state index in [1.807, 2.05) is 31.2 Å². The van der Waals surface area contributed by atoms with Crippen LogP contribution in [0.2, 0.25) is 0 Å². The Morgan fingerprint density at radius 3 is 2.85 bits per heavy atom. The molecule has 3 aliphatic heterocycles. The Morgan fingerprint density at radius 2 is 2.15 bits per heavy atom. The van der Waals surface area contributed by atoms with Crippen molar-refractivity contribution in [3.8, 4) is 11.4 Å². The van der Waals surface area contributed by atoms with Gasteiger partial charge in [0.25, 0.3) is 0 Å². The van der Waals surface area contributed by atoms with Crippen molar-refractivity contribution in [2.45, 2.75) is 18.6 Å². The third-order valence-electron chi connectivity index (χ3n) is 5.60. The molecule has 2 amide bonds. The van der Waals surface area contributed by atoms with Gasteiger partial charge < -0.3 is 15.0 Å². The number of likely N-dealkylation sites (tertiary alicyclic amines) is 1. The summed E-state index contributed by atoms with van der Waals surface area (Å²) in [5.74, 6) is 0.167. The van der Waals surface area contributed by atoms with Gasteiger partial charge in [0.15, 0.2) is 5.82 Å². The lowest BCUT2D eigenvalue weighted by molar-refractivity contribution is -0.134. The number of ether oxygens (including phenoxy) is 1. The highest BCUT2D eigenvalue weighted by Gasteiger charge is 2.66. The number of fused-ring (bicyclic) bond motifs is 1. The molecule has 1 spiro atoms. The predicted octanol–water partition coefficient (Wildman–Crippen LogP) is 1.13. The molecular formula is C19H19N5O3. The monoisotopic (exact) mass is 365 g/mol. The first-order valence-corrected chi connectivity index (χ1v) is 8.89. The Bertz CT molecular complexity index is 966. The number of anilines is 1. The summed E-state index contributed by atoms with van der Waals surface area (Å²) >= 11 is 0. The van der Waals surface area contributed by atoms with Crippen molar-refractivity contribution in [1.82, 2.24) is 20.1 Å². The van der Waals surface area contributed by atoms with Crippen LogP contribution in [0.5, 0.6) is 0 Å². The Balaban J connectivity index is 1.35. The third kappa shape index (κ3) is 2.33. The van der Waals surface area contributed by atoms with E-state index in [9.17, 15) is 9.59 Å². The summed E-state index contributed by atoms with van der Waals surface area (Å²) in [6, 6.07) is 7.32. The molecule has 8 nitrogen and oxygen atoms in total. The standard InChI is InChI=1S/C19H19N5O3/c1-10-20-16(23-22-10)11-3-5-12(6-4-11)21-17(25)14-13-7-8-19(27-13)9-24(2)18(26)15(14)19/h3-8,13-15H,9H2,1-2H3,(H,21,25)(H,20,22,23)/t13-,14-,15+,19-/m0/s1. The maximum atomic E-state index is 12.9. The second-order valence-electron chi connectivity index (χ2n) is 7.41. The number of aromatic amines is 1. The summed E-state index contributed by atoms with van der Waals surface area (Å²) in [7, 11) is 1.75. The molecule has 2 N–H and O–H groups in total. The van der Waals surface area contributed by atoms with Crippen LogP contribution in [0.15, 0.2) is 36.4 Å². The molecule has 0 unspecified atom stereocenters. The van der Waals surface area contributed by atoms with Crippen molar-refractivity contribution in [2.24, 2.45) is 11.8 Å². The van der Waals surface area contributed by atoms with Crippen LogP contribution in [0, 0.1) is 18.8 Å². The summed E-state index contributed by atoms with van der Waals surface area (Å²) in [4.78, 5) is 31.4. The number of amides is 2. The SMILES string of the molecule is Cc1nc(-c2ccc(NC(=O)[C@H]3[C@@H]4C=C[C@@]5(CN(C)C(=O)[C@@H]35)O4)cc2)n[nH]1. The van der Waals surface area contributed by atoms with Crippen LogP contribution >= 0.6 is 0 Å². The molecule has 8 heteroatoms. The minimum absolute atomic E-state index is 0.0303. The van der Waals surface area contributed by atoms with Crippen molar-refractivity contribution >= 4 is 17.5 Å². The Morgan fingerprint density at radius 1 is 1.37 bits per heavy atom. The second-order valence-corrected chi connectivity index (χ2v) is 7.41. The minimum Gasteiger partial charge on any atom is -0.360 e. The van der Waals surface area contributed by atoms with Crippen LogP contribution in [0.1, 0.15) is 5.82 Å². The number of hydrogen-bond acceptors (Lipinski definition) is 5. The number of nitrogens with zero attached hydrogens (tertiary/aromatic N) is 3. The van der Waals surface area contributed by atoms with E-state index in [0.717, 1.165) is 11.4 Å². The van der Waals surface area contributed by atoms with Gasteiger partial charge in [-0.25, -0.2) is 4.98 Å². The lowest BCUT2D eigenvalue weighted by Crippen LogP contribution is -2.41. The van der Waals surface area contributed by atoms with E-state index >= 15 is 0 Å². The second kappa shape index (κ2) is 5.50. The molecule has 4 atom stereocenters. The molecule has 2 fully saturated rings. The smallest absolute Gasteiger partial charge is 0.231 e. The van der Waals surface area contributed by atoms with Gasteiger partial charge in [-0.1, -0.05) is 12.2 Å². The molecule has 2 aromatic rings. The molecule has 4 heterocycles. The number of aryl methyl sites for hydroxylation is 1. The molecule has 1 aromatic carbocycles. The number of H-pyrrole nitrogens is 1. The summed E-state index contributed by atoms with van der Waals surface area (Å²) in [5.41, 5.74) is 0.872. The maximum Gasteiger partial charge on any atom is 0.231 e. The van der Waals surface area contributed by atoms with E-state index in [4.69, 9.17) is 4.74 Å². The van der Waals surface area contributed by atoms with Gasteiger partial charge in [-0.3, -0.25) is 14.7 Å². The van der Waals surface area contributed by atoms with Crippen LogP contribution < -0.4 is 5.32 Å². The fourth-order valence-corrected chi connectivity index (χ4v) is 4.39. The molecular weight excluding hydrogens is 346 g/mol. The normalized spacial score (nSPS) is 30.8. The number of carbonyl (C=O) groups excluding carboxylic acids is 2. The van der Waals surface area contributed by atoms with Gasteiger partial charge in [0.05, 0.1) is 24.5 Å². The van der Waals surface area contributed by atoms with Gasteiger partial charge in [0, 0.05) is 18.3 Å². The number of aromatic nitrogens is 3. The molecule has 2 bridgehead atoms. The zero-order valence-electron chi connectivity index (χ0n) is 15.0. The van der Waals surface area contributed by atoms with Gasteiger partial charge in [0.1, 0.15) is 11.4 Å². The van der Waals surface area contributed by atoms with Crippen LogP contribution in [0.25, 0.3) is 11.4 Å². The molecule has 27 heavy (non-hydrogen) atoms. The van der Waals surface area contributed by atoms with E-state index in [1.165, 1.54) is 0 Å². The average Bonchev–Trinajstić information content (AvgIpc) is 3.38. The van der Waals surface area contributed by atoms with Crippen molar-refractivity contribution in [3.63, 3.8) is 0 Å². The summed E-state index contributed by atoms with van der Waals surface area (Å²) in [6.07, 6.45) is 3.51. The minimum atomic E-state index is -0.647. The number of likely N-dealkylation sites (N-methyl/N-ethyl adjacent to an activating group) is 1. The first-order chi connectivity index (χ1) is 13.0. The van der Waals surface area contributed by atoms with E-state index in [2.05, 4.69) is 20.5 Å². The van der Waals surface area contributed by atoms with Crippen molar-refractivity contribution in [1.29, 1.82) is 0 Å². The van der Waals surface area contributed by atoms with E-state index in [1.54, 1.807) is 24.1 Å². The molecule has 2 saturated heterocycles. The highest BCUT2D eigenvalue weighted by molar-refractivity contribution is 5.99. The zero-order chi connectivity index (χ0) is 18.8. The van der Waals surface area contributed by atoms with Gasteiger partial charge in [-0.2, -0.15) is 5.10 Å². The first-order valence-electron chi connectivity index (χ1n) is 8.89. The van der Waals surface area contributed by atoms with Crippen molar-refractivity contribution < 1.29 is 14.3 Å². The molecule has 0 radical (unpaired) electrons. The zero-order valence-corrected chi connectivity index (χ0v) is 15.0. The number of hydrogen-bond donors (Lipinski definition) is 2. The Kier molecular flexibility index (Phi) is 3.30. The maximum absolute atomic E-state index is 12.9. The lowest BCUT2D eigenvalue weighted by Gasteiger charge is -2.23. The summed E-state index contributed by atoms with van der Waals surface area (Å²) < 4.78 is 6.02. The van der Waals surface area contributed by atoms with Crippen LogP contribution in [-0.2, 0) is 14.3 Å². The Hall–Kier alpha value is -3.00. The Labute approximate surface area is 155 Å². The lowest BCUT2D eigenvalue weighted by atomic mass is 9.77. The van der Waals surface area contributed by atoms with Crippen molar-refractivity contribution in [3.05, 3.63) is 42.2 Å². The van der Waals surface area contributed by atoms with Gasteiger partial charge in [-0.05, 0) is 31.2 Å². The number of carbonyl (C=O) groups is 2. The largest absolute Gasteiger partial charge is 0.360 e. The third-order valence-corrected chi connectivity index (χ3v) is 5.60. The van der Waals surface area contributed by atoms with E-state index < -0.39 is 17.4 Å². The highest BCUT2D eigenvalue weighted by atomic mass is 16.5. The highest BCUT2D eigenvalue weighted by Crippen LogP contribution is 2.51. The molecule has 138 valence electrons. The average molecular weight is 365 g/mol. The van der Waals surface area contributed by atoms with E-state index in [0.29, 0.717) is 18.1 Å². The number of nitrogens with one attached hydrogen (secondary N) is 2.